The fourth-order valence-corrected chi connectivity index (χ4v) is 2.42. The molecule has 128 valence electrons. The van der Waals surface area contributed by atoms with Crippen molar-refractivity contribution in [2.24, 2.45) is 5.10 Å². The van der Waals surface area contributed by atoms with Gasteiger partial charge in [-0.1, -0.05) is 6.07 Å². The predicted molar refractivity (Wildman–Crippen MR) is 88.9 cm³/mol. The number of hydrazone groups is 1. The van der Waals surface area contributed by atoms with Gasteiger partial charge in [0.15, 0.2) is 11.5 Å². The van der Waals surface area contributed by atoms with E-state index in [2.05, 4.69) is 5.10 Å². The zero-order valence-corrected chi connectivity index (χ0v) is 13.4. The number of nitro groups is 1. The van der Waals surface area contributed by atoms with Crippen LogP contribution >= 0.6 is 11.3 Å². The third-order valence-corrected chi connectivity index (χ3v) is 3.91. The Kier molecular flexibility index (Phi) is 5.69. The van der Waals surface area contributed by atoms with E-state index in [-0.39, 0.29) is 11.3 Å². The first-order valence-electron chi connectivity index (χ1n) is 6.80. The zero-order chi connectivity index (χ0) is 18.4. The number of amides is 1. The molecule has 0 aliphatic heterocycles. The standard InChI is InChI=1S/C15H11N3O6S/c19-12(13-2-1-7-25-13)8-11(15(21)22)16-17-14(20)9-3-5-10(6-4-9)18(23)24/h1-7H,8H2,(H,17,20)(H,21,22). The minimum absolute atomic E-state index is 0.0590. The van der Waals surface area contributed by atoms with Gasteiger partial charge in [-0.2, -0.15) is 5.10 Å². The Morgan fingerprint density at radius 3 is 2.40 bits per heavy atom. The second-order valence-electron chi connectivity index (χ2n) is 4.69. The van der Waals surface area contributed by atoms with Gasteiger partial charge in [0.2, 0.25) is 0 Å². The second-order valence-corrected chi connectivity index (χ2v) is 5.63. The van der Waals surface area contributed by atoms with Crippen LogP contribution in [0.4, 0.5) is 5.69 Å². The molecule has 0 saturated heterocycles. The number of nitro benzene ring substituents is 1. The number of carboxylic acid groups (broad SMARTS) is 1. The predicted octanol–water partition coefficient (Wildman–Crippen LogP) is 2.10. The van der Waals surface area contributed by atoms with Crippen molar-refractivity contribution < 1.29 is 24.4 Å². The summed E-state index contributed by atoms with van der Waals surface area (Å²) in [6, 6.07) is 7.91. The van der Waals surface area contributed by atoms with Crippen LogP contribution < -0.4 is 5.43 Å². The highest BCUT2D eigenvalue weighted by Crippen LogP contribution is 2.13. The average molecular weight is 361 g/mol. The number of ketones is 1. The topological polar surface area (TPSA) is 139 Å². The zero-order valence-electron chi connectivity index (χ0n) is 12.5. The summed E-state index contributed by atoms with van der Waals surface area (Å²) in [4.78, 5) is 45.3. The lowest BCUT2D eigenvalue weighted by Crippen LogP contribution is -2.25. The summed E-state index contributed by atoms with van der Waals surface area (Å²) in [5.74, 6) is -2.62. The first-order valence-corrected chi connectivity index (χ1v) is 7.68. The number of carboxylic acids is 1. The molecule has 0 spiro atoms. The van der Waals surface area contributed by atoms with E-state index < -0.39 is 34.7 Å². The van der Waals surface area contributed by atoms with Crippen molar-refractivity contribution in [1.82, 2.24) is 5.43 Å². The summed E-state index contributed by atoms with van der Waals surface area (Å²) in [5.41, 5.74) is 1.38. The van der Waals surface area contributed by atoms with Gasteiger partial charge in [-0.3, -0.25) is 19.7 Å². The largest absolute Gasteiger partial charge is 0.477 e. The molecule has 9 nitrogen and oxygen atoms in total. The lowest BCUT2D eigenvalue weighted by Gasteiger charge is -2.03. The molecule has 1 aromatic heterocycles. The summed E-state index contributed by atoms with van der Waals surface area (Å²) < 4.78 is 0. The number of non-ortho nitro benzene ring substituents is 1. The number of carbonyl (C=O) groups excluding carboxylic acids is 2. The van der Waals surface area contributed by atoms with E-state index in [0.717, 1.165) is 12.1 Å². The van der Waals surface area contributed by atoms with E-state index in [1.54, 1.807) is 17.5 Å². The minimum Gasteiger partial charge on any atom is -0.477 e. The van der Waals surface area contributed by atoms with Gasteiger partial charge in [0.25, 0.3) is 11.6 Å². The number of benzene rings is 1. The third kappa shape index (κ3) is 4.78. The molecule has 10 heteroatoms. The molecule has 1 heterocycles. The van der Waals surface area contributed by atoms with E-state index in [9.17, 15) is 24.5 Å². The quantitative estimate of drug-likeness (QED) is 0.335. The molecular weight excluding hydrogens is 350 g/mol. The van der Waals surface area contributed by atoms with E-state index in [1.807, 2.05) is 5.43 Å². The number of thiophene rings is 1. The Bertz CT molecular complexity index is 843. The van der Waals surface area contributed by atoms with Gasteiger partial charge >= 0.3 is 5.97 Å². The van der Waals surface area contributed by atoms with Crippen molar-refractivity contribution in [3.8, 4) is 0 Å². The first-order chi connectivity index (χ1) is 11.9. The van der Waals surface area contributed by atoms with Gasteiger partial charge in [0.05, 0.1) is 16.2 Å². The number of nitrogens with zero attached hydrogens (tertiary/aromatic N) is 2. The lowest BCUT2D eigenvalue weighted by molar-refractivity contribution is -0.384. The number of aliphatic carboxylic acids is 1. The molecule has 2 aromatic rings. The van der Waals surface area contributed by atoms with Gasteiger partial charge in [0, 0.05) is 17.7 Å². The van der Waals surface area contributed by atoms with Gasteiger partial charge in [-0.25, -0.2) is 10.2 Å². The Morgan fingerprint density at radius 2 is 1.88 bits per heavy atom. The normalized spacial score (nSPS) is 11.0. The third-order valence-electron chi connectivity index (χ3n) is 3.00. The van der Waals surface area contributed by atoms with Crippen LogP contribution in [-0.2, 0) is 4.79 Å². The molecular formula is C15H11N3O6S. The number of Topliss-reactive ketones (excluding diaryl/α,β-unsaturated/α-hetero) is 1. The molecule has 1 aromatic carbocycles. The van der Waals surface area contributed by atoms with Crippen molar-refractivity contribution in [2.75, 3.05) is 0 Å². The van der Waals surface area contributed by atoms with Crippen LogP contribution in [0.3, 0.4) is 0 Å². The summed E-state index contributed by atoms with van der Waals surface area (Å²) in [7, 11) is 0. The molecule has 0 aliphatic carbocycles. The monoisotopic (exact) mass is 361 g/mol. The Morgan fingerprint density at radius 1 is 1.20 bits per heavy atom. The molecule has 0 bridgehead atoms. The van der Waals surface area contributed by atoms with Crippen molar-refractivity contribution >= 4 is 40.4 Å². The number of carbonyl (C=O) groups is 3. The molecule has 0 atom stereocenters. The van der Waals surface area contributed by atoms with E-state index in [1.165, 1.54) is 23.5 Å². The summed E-state index contributed by atoms with van der Waals surface area (Å²) in [5, 5.41) is 24.8. The molecule has 0 radical (unpaired) electrons. The highest BCUT2D eigenvalue weighted by Gasteiger charge is 2.18. The summed E-state index contributed by atoms with van der Waals surface area (Å²) >= 11 is 1.17. The van der Waals surface area contributed by atoms with Crippen LogP contribution in [0.1, 0.15) is 26.5 Å². The Labute approximate surface area is 144 Å². The molecule has 2 N–H and O–H groups in total. The molecule has 0 unspecified atom stereocenters. The van der Waals surface area contributed by atoms with Gasteiger partial charge in [-0.05, 0) is 23.6 Å². The molecule has 2 rings (SSSR count). The maximum absolute atomic E-state index is 11.9. The van der Waals surface area contributed by atoms with E-state index in [0.29, 0.717) is 4.88 Å². The van der Waals surface area contributed by atoms with Crippen LogP contribution in [0.2, 0.25) is 0 Å². The number of nitrogens with one attached hydrogen (secondary N) is 1. The Balaban J connectivity index is 2.07. The van der Waals surface area contributed by atoms with Crippen molar-refractivity contribution in [3.63, 3.8) is 0 Å². The molecule has 1 amide bonds. The van der Waals surface area contributed by atoms with Crippen LogP contribution in [0, 0.1) is 10.1 Å². The minimum atomic E-state index is -1.44. The second kappa shape index (κ2) is 7.93. The first kappa shape index (κ1) is 17.9. The smallest absolute Gasteiger partial charge is 0.352 e. The van der Waals surface area contributed by atoms with E-state index >= 15 is 0 Å². The van der Waals surface area contributed by atoms with Gasteiger partial charge in [0.1, 0.15) is 0 Å². The summed E-state index contributed by atoms with van der Waals surface area (Å²) in [6.45, 7) is 0. The van der Waals surface area contributed by atoms with Crippen LogP contribution in [0.25, 0.3) is 0 Å². The number of hydrogen-bond acceptors (Lipinski definition) is 7. The van der Waals surface area contributed by atoms with Crippen LogP contribution in [-0.4, -0.2) is 33.4 Å². The maximum atomic E-state index is 11.9. The number of rotatable bonds is 7. The molecule has 0 fully saturated rings. The fraction of sp³-hybridized carbons (Fsp3) is 0.0667. The van der Waals surface area contributed by atoms with E-state index in [4.69, 9.17) is 5.11 Å². The lowest BCUT2D eigenvalue weighted by atomic mass is 10.1. The maximum Gasteiger partial charge on any atom is 0.352 e. The van der Waals surface area contributed by atoms with Crippen LogP contribution in [0.5, 0.6) is 0 Å². The fourth-order valence-electron chi connectivity index (χ4n) is 1.76. The highest BCUT2D eigenvalue weighted by atomic mass is 32.1. The van der Waals surface area contributed by atoms with Crippen LogP contribution in [0.15, 0.2) is 46.9 Å². The highest BCUT2D eigenvalue weighted by molar-refractivity contribution is 7.12. The SMILES string of the molecule is O=C(O)C(CC(=O)c1cccs1)=NNC(=O)c1ccc([N+](=O)[O-])cc1. The molecule has 0 saturated carbocycles. The molecule has 25 heavy (non-hydrogen) atoms. The van der Waals surface area contributed by atoms with Crippen molar-refractivity contribution in [2.45, 2.75) is 6.42 Å². The van der Waals surface area contributed by atoms with Gasteiger partial charge < -0.3 is 5.11 Å². The summed E-state index contributed by atoms with van der Waals surface area (Å²) in [6.07, 6.45) is -0.476. The van der Waals surface area contributed by atoms with Gasteiger partial charge in [-0.15, -0.1) is 11.3 Å². The van der Waals surface area contributed by atoms with Crippen molar-refractivity contribution in [1.29, 1.82) is 0 Å². The molecule has 0 aliphatic rings. The Hall–Kier alpha value is -3.40. The number of hydrogen-bond donors (Lipinski definition) is 2. The van der Waals surface area contributed by atoms with Crippen molar-refractivity contribution in [3.05, 3.63) is 62.3 Å². The average Bonchev–Trinajstić information content (AvgIpc) is 3.12.